The van der Waals surface area contributed by atoms with Crippen molar-refractivity contribution in [2.24, 2.45) is 0 Å². The fourth-order valence-corrected chi connectivity index (χ4v) is 3.75. The lowest BCUT2D eigenvalue weighted by Gasteiger charge is -2.14. The molecular weight excluding hydrogens is 300 g/mol. The van der Waals surface area contributed by atoms with E-state index in [1.165, 1.54) is 22.9 Å². The van der Waals surface area contributed by atoms with Crippen molar-refractivity contribution in [3.8, 4) is 0 Å². The van der Waals surface area contributed by atoms with Crippen LogP contribution in [0.3, 0.4) is 0 Å². The predicted molar refractivity (Wildman–Crippen MR) is 91.4 cm³/mol. The maximum Gasteiger partial charge on any atom is 0.234 e. The van der Waals surface area contributed by atoms with E-state index >= 15 is 0 Å². The molecule has 0 saturated carbocycles. The number of nitrogens with one attached hydrogen (secondary N) is 1. The van der Waals surface area contributed by atoms with Gasteiger partial charge in [-0.15, -0.1) is 11.3 Å². The molecule has 0 unspecified atom stereocenters. The summed E-state index contributed by atoms with van der Waals surface area (Å²) in [5.41, 5.74) is 4.38. The van der Waals surface area contributed by atoms with Gasteiger partial charge in [0.05, 0.1) is 5.75 Å². The molecule has 0 bridgehead atoms. The van der Waals surface area contributed by atoms with E-state index in [0.717, 1.165) is 28.6 Å². The van der Waals surface area contributed by atoms with Crippen LogP contribution in [0.5, 0.6) is 0 Å². The fourth-order valence-electron chi connectivity index (χ4n) is 2.10. The molecular formula is C16H20N2OS2. The molecule has 112 valence electrons. The highest BCUT2D eigenvalue weighted by Crippen LogP contribution is 2.25. The highest BCUT2D eigenvalue weighted by Gasteiger charge is 2.11. The molecule has 0 aliphatic heterocycles. The summed E-state index contributed by atoms with van der Waals surface area (Å²) >= 11 is 3.08. The van der Waals surface area contributed by atoms with E-state index in [9.17, 15) is 4.79 Å². The van der Waals surface area contributed by atoms with Gasteiger partial charge in [-0.3, -0.25) is 4.79 Å². The highest BCUT2D eigenvalue weighted by atomic mass is 32.2. The first-order valence-electron chi connectivity index (χ1n) is 7.09. The molecule has 1 heterocycles. The van der Waals surface area contributed by atoms with Gasteiger partial charge in [-0.1, -0.05) is 43.8 Å². The van der Waals surface area contributed by atoms with E-state index in [4.69, 9.17) is 0 Å². The zero-order valence-corrected chi connectivity index (χ0v) is 14.2. The maximum absolute atomic E-state index is 12.2. The number of carbonyl (C=O) groups is 1. The first-order valence-corrected chi connectivity index (χ1v) is 8.96. The van der Waals surface area contributed by atoms with Gasteiger partial charge in [0.15, 0.2) is 4.34 Å². The van der Waals surface area contributed by atoms with Crippen LogP contribution >= 0.6 is 23.1 Å². The van der Waals surface area contributed by atoms with Crippen LogP contribution in [0.15, 0.2) is 27.9 Å². The Balaban J connectivity index is 2.02. The third-order valence-electron chi connectivity index (χ3n) is 3.19. The molecule has 3 nitrogen and oxygen atoms in total. The molecule has 1 aromatic carbocycles. The molecule has 0 radical (unpaired) electrons. The largest absolute Gasteiger partial charge is 0.325 e. The van der Waals surface area contributed by atoms with Gasteiger partial charge in [0.1, 0.15) is 0 Å². The van der Waals surface area contributed by atoms with Crippen molar-refractivity contribution in [3.63, 3.8) is 0 Å². The molecule has 0 atom stereocenters. The Labute approximate surface area is 134 Å². The van der Waals surface area contributed by atoms with Crippen molar-refractivity contribution in [2.75, 3.05) is 11.1 Å². The number of hydrogen-bond acceptors (Lipinski definition) is 4. The van der Waals surface area contributed by atoms with E-state index in [2.05, 4.69) is 42.3 Å². The summed E-state index contributed by atoms with van der Waals surface area (Å²) in [5, 5.41) is 5.08. The highest BCUT2D eigenvalue weighted by molar-refractivity contribution is 8.01. The molecule has 2 rings (SSSR count). The van der Waals surface area contributed by atoms with Crippen molar-refractivity contribution in [3.05, 3.63) is 40.4 Å². The molecule has 0 aliphatic carbocycles. The van der Waals surface area contributed by atoms with Crippen molar-refractivity contribution in [1.82, 2.24) is 4.98 Å². The van der Waals surface area contributed by atoms with Gasteiger partial charge in [-0.2, -0.15) is 0 Å². The zero-order chi connectivity index (χ0) is 15.2. The van der Waals surface area contributed by atoms with Crippen LogP contribution in [0, 0.1) is 6.92 Å². The molecule has 0 saturated heterocycles. The predicted octanol–water partition coefficient (Wildman–Crippen LogP) is 4.31. The van der Waals surface area contributed by atoms with Crippen LogP contribution in [0.2, 0.25) is 0 Å². The number of aromatic nitrogens is 1. The van der Waals surface area contributed by atoms with Crippen molar-refractivity contribution in [1.29, 1.82) is 0 Å². The quantitative estimate of drug-likeness (QED) is 0.807. The zero-order valence-electron chi connectivity index (χ0n) is 12.6. The Bertz CT molecular complexity index is 600. The van der Waals surface area contributed by atoms with Crippen molar-refractivity contribution < 1.29 is 4.79 Å². The fraction of sp³-hybridized carbons (Fsp3) is 0.375. The van der Waals surface area contributed by atoms with Crippen LogP contribution in [0.25, 0.3) is 0 Å². The minimum Gasteiger partial charge on any atom is -0.325 e. The van der Waals surface area contributed by atoms with Crippen molar-refractivity contribution >= 4 is 34.7 Å². The Morgan fingerprint density at radius 2 is 1.95 bits per heavy atom. The summed E-state index contributed by atoms with van der Waals surface area (Å²) in [7, 11) is 0. The first-order chi connectivity index (χ1) is 10.1. The standard InChI is InChI=1S/C16H20N2OS2/c1-4-12-7-6-8-13(5-2)15(12)18-14(19)10-21-16-17-11(3)9-20-16/h6-9H,4-5,10H2,1-3H3,(H,18,19). The number of anilines is 1. The Morgan fingerprint density at radius 3 is 2.48 bits per heavy atom. The second kappa shape index (κ2) is 7.61. The molecule has 1 aromatic heterocycles. The number of para-hydroxylation sites is 1. The van der Waals surface area contributed by atoms with Gasteiger partial charge in [-0.25, -0.2) is 4.98 Å². The molecule has 0 aliphatic rings. The van der Waals surface area contributed by atoms with Crippen LogP contribution in [-0.2, 0) is 17.6 Å². The number of thioether (sulfide) groups is 1. The van der Waals surface area contributed by atoms with E-state index in [0.29, 0.717) is 5.75 Å². The second-order valence-corrected chi connectivity index (χ2v) is 6.83. The van der Waals surface area contributed by atoms with Crippen LogP contribution in [0.1, 0.15) is 30.7 Å². The summed E-state index contributed by atoms with van der Waals surface area (Å²) in [4.78, 5) is 16.5. The third kappa shape index (κ3) is 4.32. The molecule has 0 fully saturated rings. The molecule has 1 amide bonds. The summed E-state index contributed by atoms with van der Waals surface area (Å²) in [6.45, 7) is 6.18. The van der Waals surface area contributed by atoms with Crippen molar-refractivity contribution in [2.45, 2.75) is 38.0 Å². The lowest BCUT2D eigenvalue weighted by Crippen LogP contribution is -2.16. The van der Waals surface area contributed by atoms with E-state index in [-0.39, 0.29) is 5.91 Å². The number of aryl methyl sites for hydroxylation is 3. The van der Waals surface area contributed by atoms with Crippen LogP contribution < -0.4 is 5.32 Å². The Morgan fingerprint density at radius 1 is 1.29 bits per heavy atom. The lowest BCUT2D eigenvalue weighted by atomic mass is 10.0. The second-order valence-electron chi connectivity index (χ2n) is 4.75. The number of amides is 1. The number of rotatable bonds is 6. The number of thiazole rings is 1. The van der Waals surface area contributed by atoms with E-state index in [1.807, 2.05) is 12.3 Å². The van der Waals surface area contributed by atoms with Gasteiger partial charge >= 0.3 is 0 Å². The minimum absolute atomic E-state index is 0.0310. The summed E-state index contributed by atoms with van der Waals surface area (Å²) in [5.74, 6) is 0.428. The van der Waals surface area contributed by atoms with Gasteiger partial charge in [0, 0.05) is 16.8 Å². The van der Waals surface area contributed by atoms with E-state index < -0.39 is 0 Å². The molecule has 0 spiro atoms. The maximum atomic E-state index is 12.2. The monoisotopic (exact) mass is 320 g/mol. The molecule has 2 aromatic rings. The average Bonchev–Trinajstić information content (AvgIpc) is 2.91. The third-order valence-corrected chi connectivity index (χ3v) is 5.33. The Kier molecular flexibility index (Phi) is 5.82. The topological polar surface area (TPSA) is 42.0 Å². The van der Waals surface area contributed by atoms with Gasteiger partial charge in [-0.05, 0) is 30.9 Å². The van der Waals surface area contributed by atoms with Gasteiger partial charge < -0.3 is 5.32 Å². The number of hydrogen-bond donors (Lipinski definition) is 1. The average molecular weight is 320 g/mol. The SMILES string of the molecule is CCc1cccc(CC)c1NC(=O)CSc1nc(C)cs1. The van der Waals surface area contributed by atoms with Crippen LogP contribution in [-0.4, -0.2) is 16.6 Å². The number of carbonyl (C=O) groups excluding carboxylic acids is 1. The summed E-state index contributed by atoms with van der Waals surface area (Å²) in [6.07, 6.45) is 1.84. The summed E-state index contributed by atoms with van der Waals surface area (Å²) in [6, 6.07) is 6.21. The molecule has 1 N–H and O–H groups in total. The number of nitrogens with zero attached hydrogens (tertiary/aromatic N) is 1. The normalized spacial score (nSPS) is 10.6. The Hall–Kier alpha value is -1.33. The molecule has 21 heavy (non-hydrogen) atoms. The van der Waals surface area contributed by atoms with Gasteiger partial charge in [0.2, 0.25) is 5.91 Å². The van der Waals surface area contributed by atoms with E-state index in [1.54, 1.807) is 11.3 Å². The minimum atomic E-state index is 0.0310. The lowest BCUT2D eigenvalue weighted by molar-refractivity contribution is -0.113. The molecule has 5 heteroatoms. The van der Waals surface area contributed by atoms with Gasteiger partial charge in [0.25, 0.3) is 0 Å². The van der Waals surface area contributed by atoms with Crippen LogP contribution in [0.4, 0.5) is 5.69 Å². The smallest absolute Gasteiger partial charge is 0.234 e. The number of benzene rings is 1. The first kappa shape index (κ1) is 16.0. The summed E-state index contributed by atoms with van der Waals surface area (Å²) < 4.78 is 0.946.